The van der Waals surface area contributed by atoms with E-state index < -0.39 is 0 Å². The highest BCUT2D eigenvalue weighted by molar-refractivity contribution is 5.76. The first-order valence-corrected chi connectivity index (χ1v) is 4.93. The molecule has 1 amide bonds. The van der Waals surface area contributed by atoms with E-state index in [1.165, 1.54) is 12.8 Å². The van der Waals surface area contributed by atoms with Crippen LogP contribution in [0.5, 0.6) is 0 Å². The fourth-order valence-electron chi connectivity index (χ4n) is 1.63. The van der Waals surface area contributed by atoms with E-state index in [0.717, 1.165) is 17.8 Å². The van der Waals surface area contributed by atoms with E-state index in [4.69, 9.17) is 5.73 Å². The van der Waals surface area contributed by atoms with Crippen molar-refractivity contribution in [1.82, 2.24) is 15.0 Å². The van der Waals surface area contributed by atoms with Crippen molar-refractivity contribution in [3.8, 4) is 0 Å². The van der Waals surface area contributed by atoms with Gasteiger partial charge in [-0.3, -0.25) is 4.79 Å². The Morgan fingerprint density at radius 2 is 2.36 bits per heavy atom. The van der Waals surface area contributed by atoms with Gasteiger partial charge in [0.05, 0.1) is 23.9 Å². The maximum atomic E-state index is 10.8. The Kier molecular flexibility index (Phi) is 2.23. The molecule has 0 spiro atoms. The van der Waals surface area contributed by atoms with Gasteiger partial charge in [-0.25, -0.2) is 4.68 Å². The number of aromatic nitrogens is 3. The van der Waals surface area contributed by atoms with Gasteiger partial charge in [0.25, 0.3) is 0 Å². The van der Waals surface area contributed by atoms with Crippen molar-refractivity contribution in [3.63, 3.8) is 0 Å². The van der Waals surface area contributed by atoms with Crippen molar-refractivity contribution in [3.05, 3.63) is 11.4 Å². The van der Waals surface area contributed by atoms with Gasteiger partial charge in [-0.2, -0.15) is 0 Å². The number of amides is 1. The van der Waals surface area contributed by atoms with Crippen molar-refractivity contribution in [2.24, 2.45) is 5.73 Å². The highest BCUT2D eigenvalue weighted by atomic mass is 16.1. The lowest BCUT2D eigenvalue weighted by atomic mass is 10.2. The zero-order valence-electron chi connectivity index (χ0n) is 8.23. The SMILES string of the molecule is CCc1c(CC(N)=O)nnn1C1CC1. The Bertz CT molecular complexity index is 354. The molecule has 14 heavy (non-hydrogen) atoms. The second-order valence-corrected chi connectivity index (χ2v) is 3.66. The van der Waals surface area contributed by atoms with Crippen LogP contribution in [-0.2, 0) is 17.6 Å². The quantitative estimate of drug-likeness (QED) is 0.744. The molecule has 1 heterocycles. The summed E-state index contributed by atoms with van der Waals surface area (Å²) in [6.45, 7) is 2.04. The zero-order chi connectivity index (χ0) is 10.1. The van der Waals surface area contributed by atoms with Crippen LogP contribution in [0, 0.1) is 0 Å². The molecule has 0 saturated heterocycles. The van der Waals surface area contributed by atoms with Crippen molar-refractivity contribution < 1.29 is 4.79 Å². The predicted molar refractivity (Wildman–Crippen MR) is 50.6 cm³/mol. The summed E-state index contributed by atoms with van der Waals surface area (Å²) in [5, 5.41) is 8.06. The predicted octanol–water partition coefficient (Wildman–Crippen LogP) is 0.203. The van der Waals surface area contributed by atoms with Crippen LogP contribution >= 0.6 is 0 Å². The van der Waals surface area contributed by atoms with E-state index in [9.17, 15) is 4.79 Å². The van der Waals surface area contributed by atoms with E-state index in [1.54, 1.807) is 0 Å². The summed E-state index contributed by atoms with van der Waals surface area (Å²) in [5.74, 6) is -0.345. The smallest absolute Gasteiger partial charge is 0.223 e. The maximum Gasteiger partial charge on any atom is 0.223 e. The number of rotatable bonds is 4. The molecular formula is C9H14N4O. The topological polar surface area (TPSA) is 73.8 Å². The van der Waals surface area contributed by atoms with Crippen LogP contribution in [0.1, 0.15) is 37.2 Å². The first-order chi connectivity index (χ1) is 6.72. The molecule has 0 bridgehead atoms. The second-order valence-electron chi connectivity index (χ2n) is 3.66. The van der Waals surface area contributed by atoms with Gasteiger partial charge >= 0.3 is 0 Å². The van der Waals surface area contributed by atoms with Crippen molar-refractivity contribution >= 4 is 5.91 Å². The average molecular weight is 194 g/mol. The average Bonchev–Trinajstić information content (AvgIpc) is 2.88. The Balaban J connectivity index is 2.26. The lowest BCUT2D eigenvalue weighted by molar-refractivity contribution is -0.117. The van der Waals surface area contributed by atoms with Crippen molar-refractivity contribution in [1.29, 1.82) is 0 Å². The number of primary amides is 1. The minimum Gasteiger partial charge on any atom is -0.369 e. The number of carbonyl (C=O) groups excluding carboxylic acids is 1. The minimum absolute atomic E-state index is 0.204. The van der Waals surface area contributed by atoms with Crippen LogP contribution < -0.4 is 5.73 Å². The summed E-state index contributed by atoms with van der Waals surface area (Å²) >= 11 is 0. The maximum absolute atomic E-state index is 10.8. The number of hydrogen-bond donors (Lipinski definition) is 1. The van der Waals surface area contributed by atoms with Crippen LogP contribution in [0.3, 0.4) is 0 Å². The van der Waals surface area contributed by atoms with Gasteiger partial charge in [0.1, 0.15) is 0 Å². The Morgan fingerprint density at radius 3 is 2.86 bits per heavy atom. The molecule has 2 N–H and O–H groups in total. The third-order valence-electron chi connectivity index (χ3n) is 2.44. The van der Waals surface area contributed by atoms with Crippen LogP contribution in [0.15, 0.2) is 0 Å². The first-order valence-electron chi connectivity index (χ1n) is 4.93. The van der Waals surface area contributed by atoms with Gasteiger partial charge in [0.15, 0.2) is 0 Å². The molecule has 1 fully saturated rings. The molecule has 0 radical (unpaired) electrons. The van der Waals surface area contributed by atoms with E-state index in [1.807, 2.05) is 11.6 Å². The fourth-order valence-corrected chi connectivity index (χ4v) is 1.63. The second kappa shape index (κ2) is 3.40. The van der Waals surface area contributed by atoms with E-state index in [2.05, 4.69) is 10.3 Å². The summed E-state index contributed by atoms with van der Waals surface area (Å²) in [6.07, 6.45) is 3.40. The number of nitrogens with two attached hydrogens (primary N) is 1. The molecule has 5 nitrogen and oxygen atoms in total. The monoisotopic (exact) mass is 194 g/mol. The molecule has 0 atom stereocenters. The van der Waals surface area contributed by atoms with Crippen LogP contribution in [0.25, 0.3) is 0 Å². The molecule has 5 heteroatoms. The number of carbonyl (C=O) groups is 1. The van der Waals surface area contributed by atoms with Crippen LogP contribution in [-0.4, -0.2) is 20.9 Å². The molecular weight excluding hydrogens is 180 g/mol. The molecule has 2 rings (SSSR count). The van der Waals surface area contributed by atoms with Crippen LogP contribution in [0.2, 0.25) is 0 Å². The third kappa shape index (κ3) is 1.62. The fraction of sp³-hybridized carbons (Fsp3) is 0.667. The van der Waals surface area contributed by atoms with Crippen LogP contribution in [0.4, 0.5) is 0 Å². The molecule has 1 saturated carbocycles. The largest absolute Gasteiger partial charge is 0.369 e. The Hall–Kier alpha value is -1.39. The number of hydrogen-bond acceptors (Lipinski definition) is 3. The van der Waals surface area contributed by atoms with E-state index >= 15 is 0 Å². The molecule has 0 aromatic carbocycles. The molecule has 1 aromatic rings. The van der Waals surface area contributed by atoms with Gasteiger partial charge in [-0.1, -0.05) is 12.1 Å². The highest BCUT2D eigenvalue weighted by Crippen LogP contribution is 2.35. The van der Waals surface area contributed by atoms with E-state index in [-0.39, 0.29) is 12.3 Å². The zero-order valence-corrected chi connectivity index (χ0v) is 8.23. The van der Waals surface area contributed by atoms with Gasteiger partial charge in [0, 0.05) is 0 Å². The molecule has 1 aliphatic carbocycles. The first kappa shape index (κ1) is 9.18. The standard InChI is InChI=1S/C9H14N4O/c1-2-8-7(5-9(10)14)11-12-13(8)6-3-4-6/h6H,2-5H2,1H3,(H2,10,14). The summed E-state index contributed by atoms with van der Waals surface area (Å²) in [6, 6.07) is 0.513. The summed E-state index contributed by atoms with van der Waals surface area (Å²) in [5.41, 5.74) is 6.94. The van der Waals surface area contributed by atoms with Gasteiger partial charge in [-0.15, -0.1) is 5.10 Å². The molecule has 1 aliphatic rings. The minimum atomic E-state index is -0.345. The van der Waals surface area contributed by atoms with Crippen molar-refractivity contribution in [2.75, 3.05) is 0 Å². The molecule has 0 unspecified atom stereocenters. The Morgan fingerprint density at radius 1 is 1.64 bits per heavy atom. The van der Waals surface area contributed by atoms with E-state index in [0.29, 0.717) is 6.04 Å². The normalized spacial score (nSPS) is 15.8. The van der Waals surface area contributed by atoms with Gasteiger partial charge in [-0.05, 0) is 19.3 Å². The Labute approximate surface area is 82.3 Å². The summed E-state index contributed by atoms with van der Waals surface area (Å²) in [7, 11) is 0. The van der Waals surface area contributed by atoms with Gasteiger partial charge in [0.2, 0.25) is 5.91 Å². The van der Waals surface area contributed by atoms with Gasteiger partial charge < -0.3 is 5.73 Å². The summed E-state index contributed by atoms with van der Waals surface area (Å²) in [4.78, 5) is 10.8. The highest BCUT2D eigenvalue weighted by Gasteiger charge is 2.28. The summed E-state index contributed by atoms with van der Waals surface area (Å²) < 4.78 is 1.94. The lowest BCUT2D eigenvalue weighted by Crippen LogP contribution is -2.15. The molecule has 0 aliphatic heterocycles. The third-order valence-corrected chi connectivity index (χ3v) is 2.44. The van der Waals surface area contributed by atoms with Crippen molar-refractivity contribution in [2.45, 2.75) is 38.6 Å². The lowest BCUT2D eigenvalue weighted by Gasteiger charge is -2.02. The molecule has 76 valence electrons. The number of nitrogens with zero attached hydrogens (tertiary/aromatic N) is 3. The molecule has 1 aromatic heterocycles.